The van der Waals surface area contributed by atoms with Gasteiger partial charge in [-0.2, -0.15) is 0 Å². The molecule has 6 nitrogen and oxygen atoms in total. The van der Waals surface area contributed by atoms with E-state index in [4.69, 9.17) is 0 Å². The second-order valence-electron chi connectivity index (χ2n) is 7.91. The minimum atomic E-state index is -0.158. The maximum absolute atomic E-state index is 12.5. The molecule has 160 valence electrons. The summed E-state index contributed by atoms with van der Waals surface area (Å²) in [5, 5.41) is 2.85. The standard InChI is InChI=1S/C24H32N4O2/c1-20-8-6-7-11-22(20)19-27-14-16-28(17-15-27)23(29)12-13-25-24(30)26(2)18-21-9-4-3-5-10-21/h3-11H,12-19H2,1-2H3,(H,25,30). The topological polar surface area (TPSA) is 55.9 Å². The molecule has 0 saturated carbocycles. The van der Waals surface area contributed by atoms with Crippen LogP contribution in [0.3, 0.4) is 0 Å². The van der Waals surface area contributed by atoms with Crippen molar-refractivity contribution >= 4 is 11.9 Å². The Kier molecular flexibility index (Phi) is 7.85. The molecule has 0 unspecified atom stereocenters. The molecule has 30 heavy (non-hydrogen) atoms. The van der Waals surface area contributed by atoms with Gasteiger partial charge >= 0.3 is 6.03 Å². The van der Waals surface area contributed by atoms with E-state index in [2.05, 4.69) is 41.4 Å². The predicted octanol–water partition coefficient (Wildman–Crippen LogP) is 2.87. The third-order valence-corrected chi connectivity index (χ3v) is 5.60. The van der Waals surface area contributed by atoms with Gasteiger partial charge in [0.1, 0.15) is 0 Å². The van der Waals surface area contributed by atoms with E-state index in [1.807, 2.05) is 35.2 Å². The van der Waals surface area contributed by atoms with Crippen LogP contribution in [0.15, 0.2) is 54.6 Å². The largest absolute Gasteiger partial charge is 0.340 e. The first-order chi connectivity index (χ1) is 14.5. The lowest BCUT2D eigenvalue weighted by Crippen LogP contribution is -2.49. The molecule has 0 aromatic heterocycles. The van der Waals surface area contributed by atoms with E-state index in [1.165, 1.54) is 11.1 Å². The van der Waals surface area contributed by atoms with Gasteiger partial charge in [-0.1, -0.05) is 54.6 Å². The van der Waals surface area contributed by atoms with Crippen molar-refractivity contribution in [3.8, 4) is 0 Å². The zero-order valence-corrected chi connectivity index (χ0v) is 18.0. The Hall–Kier alpha value is -2.86. The van der Waals surface area contributed by atoms with Gasteiger partial charge in [0.05, 0.1) is 0 Å². The second kappa shape index (κ2) is 10.8. The lowest BCUT2D eigenvalue weighted by atomic mass is 10.1. The Bertz CT molecular complexity index is 832. The highest BCUT2D eigenvalue weighted by atomic mass is 16.2. The summed E-state index contributed by atoms with van der Waals surface area (Å²) in [6, 6.07) is 18.2. The van der Waals surface area contributed by atoms with Gasteiger partial charge in [0, 0.05) is 59.3 Å². The molecule has 6 heteroatoms. The molecule has 1 aliphatic heterocycles. The zero-order chi connectivity index (χ0) is 21.3. The number of nitrogens with one attached hydrogen (secondary N) is 1. The molecule has 1 aliphatic rings. The van der Waals surface area contributed by atoms with Crippen LogP contribution in [-0.2, 0) is 17.9 Å². The summed E-state index contributed by atoms with van der Waals surface area (Å²) < 4.78 is 0. The van der Waals surface area contributed by atoms with Crippen molar-refractivity contribution in [3.63, 3.8) is 0 Å². The molecule has 1 fully saturated rings. The van der Waals surface area contributed by atoms with E-state index in [1.54, 1.807) is 11.9 Å². The summed E-state index contributed by atoms with van der Waals surface area (Å²) in [4.78, 5) is 30.7. The highest BCUT2D eigenvalue weighted by Crippen LogP contribution is 2.13. The summed E-state index contributed by atoms with van der Waals surface area (Å²) in [7, 11) is 1.76. The summed E-state index contributed by atoms with van der Waals surface area (Å²) in [5.41, 5.74) is 3.73. The van der Waals surface area contributed by atoms with Gasteiger partial charge in [-0.15, -0.1) is 0 Å². The van der Waals surface area contributed by atoms with Crippen LogP contribution in [0, 0.1) is 6.92 Å². The van der Waals surface area contributed by atoms with Crippen LogP contribution in [0.1, 0.15) is 23.1 Å². The SMILES string of the molecule is Cc1ccccc1CN1CCN(C(=O)CCNC(=O)N(C)Cc2ccccc2)CC1. The molecule has 3 rings (SSSR count). The predicted molar refractivity (Wildman–Crippen MR) is 119 cm³/mol. The highest BCUT2D eigenvalue weighted by Gasteiger charge is 2.21. The maximum Gasteiger partial charge on any atom is 0.317 e. The van der Waals surface area contributed by atoms with E-state index in [-0.39, 0.29) is 11.9 Å². The van der Waals surface area contributed by atoms with Gasteiger partial charge in [-0.05, 0) is 23.6 Å². The molecule has 1 heterocycles. The van der Waals surface area contributed by atoms with Gasteiger partial charge in [-0.25, -0.2) is 4.79 Å². The normalized spacial score (nSPS) is 14.4. The lowest BCUT2D eigenvalue weighted by molar-refractivity contribution is -0.132. The van der Waals surface area contributed by atoms with E-state index in [9.17, 15) is 9.59 Å². The minimum Gasteiger partial charge on any atom is -0.340 e. The summed E-state index contributed by atoms with van der Waals surface area (Å²) >= 11 is 0. The third kappa shape index (κ3) is 6.32. The molecule has 2 aromatic carbocycles. The molecule has 3 amide bonds. The van der Waals surface area contributed by atoms with E-state index in [0.29, 0.717) is 19.5 Å². The number of aryl methyl sites for hydroxylation is 1. The van der Waals surface area contributed by atoms with Gasteiger partial charge < -0.3 is 15.1 Å². The van der Waals surface area contributed by atoms with Crippen molar-refractivity contribution in [2.24, 2.45) is 0 Å². The Morgan fingerprint density at radius 1 is 0.967 bits per heavy atom. The van der Waals surface area contributed by atoms with Crippen LogP contribution in [0.5, 0.6) is 0 Å². The van der Waals surface area contributed by atoms with Gasteiger partial charge in [0.15, 0.2) is 0 Å². The fourth-order valence-corrected chi connectivity index (χ4v) is 3.68. The molecule has 2 aromatic rings. The molecular weight excluding hydrogens is 376 g/mol. The fourth-order valence-electron chi connectivity index (χ4n) is 3.68. The highest BCUT2D eigenvalue weighted by molar-refractivity contribution is 5.78. The number of hydrogen-bond donors (Lipinski definition) is 1. The molecule has 1 saturated heterocycles. The lowest BCUT2D eigenvalue weighted by Gasteiger charge is -2.35. The van der Waals surface area contributed by atoms with Gasteiger partial charge in [-0.3, -0.25) is 9.69 Å². The number of urea groups is 1. The molecular formula is C24H32N4O2. The monoisotopic (exact) mass is 408 g/mol. The third-order valence-electron chi connectivity index (χ3n) is 5.60. The van der Waals surface area contributed by atoms with Crippen LogP contribution in [0.2, 0.25) is 0 Å². The number of carbonyl (C=O) groups excluding carboxylic acids is 2. The van der Waals surface area contributed by atoms with Crippen molar-refractivity contribution in [1.29, 1.82) is 0 Å². The van der Waals surface area contributed by atoms with Crippen molar-refractivity contribution in [1.82, 2.24) is 20.0 Å². The quantitative estimate of drug-likeness (QED) is 0.767. The minimum absolute atomic E-state index is 0.108. The number of benzene rings is 2. The smallest absolute Gasteiger partial charge is 0.317 e. The van der Waals surface area contributed by atoms with E-state index in [0.717, 1.165) is 38.3 Å². The first-order valence-corrected chi connectivity index (χ1v) is 10.6. The number of hydrogen-bond acceptors (Lipinski definition) is 3. The molecule has 0 atom stereocenters. The summed E-state index contributed by atoms with van der Waals surface area (Å²) in [6.45, 7) is 7.22. The zero-order valence-electron chi connectivity index (χ0n) is 18.0. The van der Waals surface area contributed by atoms with Crippen molar-refractivity contribution in [2.75, 3.05) is 39.8 Å². The number of carbonyl (C=O) groups is 2. The summed E-state index contributed by atoms with van der Waals surface area (Å²) in [6.07, 6.45) is 0.336. The molecule has 0 radical (unpaired) electrons. The fraction of sp³-hybridized carbons (Fsp3) is 0.417. The average Bonchev–Trinajstić information content (AvgIpc) is 2.76. The van der Waals surface area contributed by atoms with E-state index < -0.39 is 0 Å². The molecule has 0 aliphatic carbocycles. The number of amides is 3. The first kappa shape index (κ1) is 21.8. The van der Waals surface area contributed by atoms with Crippen LogP contribution in [0.4, 0.5) is 4.79 Å². The number of rotatable bonds is 7. The number of piperazine rings is 1. The van der Waals surface area contributed by atoms with Crippen LogP contribution < -0.4 is 5.32 Å². The first-order valence-electron chi connectivity index (χ1n) is 10.6. The Balaban J connectivity index is 1.34. The van der Waals surface area contributed by atoms with Gasteiger partial charge in [0.25, 0.3) is 0 Å². The van der Waals surface area contributed by atoms with Crippen molar-refractivity contribution in [2.45, 2.75) is 26.4 Å². The van der Waals surface area contributed by atoms with Crippen LogP contribution in [0.25, 0.3) is 0 Å². The maximum atomic E-state index is 12.5. The van der Waals surface area contributed by atoms with Crippen molar-refractivity contribution < 1.29 is 9.59 Å². The van der Waals surface area contributed by atoms with Crippen LogP contribution >= 0.6 is 0 Å². The molecule has 0 bridgehead atoms. The summed E-state index contributed by atoms with van der Waals surface area (Å²) in [5.74, 6) is 0.108. The second-order valence-corrected chi connectivity index (χ2v) is 7.91. The molecule has 1 N–H and O–H groups in total. The Morgan fingerprint density at radius 2 is 1.63 bits per heavy atom. The van der Waals surface area contributed by atoms with Crippen LogP contribution in [-0.4, -0.2) is 66.4 Å². The molecule has 0 spiro atoms. The Labute approximate surface area is 179 Å². The van der Waals surface area contributed by atoms with Crippen molar-refractivity contribution in [3.05, 3.63) is 71.3 Å². The number of nitrogens with zero attached hydrogens (tertiary/aromatic N) is 3. The van der Waals surface area contributed by atoms with Gasteiger partial charge in [0.2, 0.25) is 5.91 Å². The Morgan fingerprint density at radius 3 is 2.33 bits per heavy atom. The average molecular weight is 409 g/mol. The van der Waals surface area contributed by atoms with E-state index >= 15 is 0 Å².